The number of hydrogen-bond donors (Lipinski definition) is 5. The second-order valence-corrected chi connectivity index (χ2v) is 15.5. The summed E-state index contributed by atoms with van der Waals surface area (Å²) in [7, 11) is -4.73. The topological polar surface area (TPSA) is 180 Å². The van der Waals surface area contributed by atoms with Gasteiger partial charge < -0.3 is 34.6 Å². The number of carbonyl (C=O) groups is 2. The fraction of sp³-hybridized carbons (Fsp3) is 0.846. The number of carbonyl (C=O) groups excluding carboxylic acids is 2. The molecule has 0 aromatic heterocycles. The number of unbranched alkanes of at least 4 members (excludes halogenated alkanes) is 15. The molecular weight excluding hydrogens is 675 g/mol. The third-order valence-corrected chi connectivity index (χ3v) is 10.1. The van der Waals surface area contributed by atoms with E-state index in [1.165, 1.54) is 70.5 Å². The van der Waals surface area contributed by atoms with E-state index >= 15 is 0 Å². The van der Waals surface area contributed by atoms with Gasteiger partial charge in [-0.2, -0.15) is 0 Å². The van der Waals surface area contributed by atoms with Gasteiger partial charge in [0.05, 0.1) is 31.2 Å². The summed E-state index contributed by atoms with van der Waals surface area (Å²) >= 11 is 0. The van der Waals surface area contributed by atoms with Crippen molar-refractivity contribution in [1.29, 1.82) is 0 Å². The molecule has 0 aliphatic heterocycles. The zero-order valence-corrected chi connectivity index (χ0v) is 32.5. The molecule has 0 bridgehead atoms. The number of aliphatic hydroxyl groups is 3. The van der Waals surface area contributed by atoms with Crippen LogP contribution in [0, 0.1) is 11.8 Å². The summed E-state index contributed by atoms with van der Waals surface area (Å²) in [4.78, 5) is 43.3. The van der Waals surface area contributed by atoms with E-state index in [4.69, 9.17) is 19.3 Å². The van der Waals surface area contributed by atoms with Gasteiger partial charge in [-0.05, 0) is 38.2 Å². The van der Waals surface area contributed by atoms with Gasteiger partial charge in [0.1, 0.15) is 12.4 Å². The summed E-state index contributed by atoms with van der Waals surface area (Å²) in [6.45, 7) is 3.63. The lowest BCUT2D eigenvalue weighted by molar-refractivity contribution is -0.147. The van der Waals surface area contributed by atoms with Crippen LogP contribution >= 0.6 is 7.82 Å². The molecule has 1 aliphatic carbocycles. The number of ketones is 1. The predicted octanol–water partition coefficient (Wildman–Crippen LogP) is 8.00. The van der Waals surface area contributed by atoms with E-state index in [1.807, 2.05) is 6.08 Å². The normalized spacial score (nSPS) is 20.7. The second kappa shape index (κ2) is 29.8. The van der Waals surface area contributed by atoms with Crippen LogP contribution in [0.2, 0.25) is 0 Å². The SMILES string of the molecule is CCCCCCCCCCCCCC/C=C/O[C@H](COC(=O)CCCCC(=O)C[C@@H]1[C@@H](/C=C/[C@@H](O)CCCCC)[C@H](O)C[C@@H]1O)COP(=O)(O)O. The molecule has 51 heavy (non-hydrogen) atoms. The van der Waals surface area contributed by atoms with Gasteiger partial charge in [0.15, 0.2) is 6.10 Å². The summed E-state index contributed by atoms with van der Waals surface area (Å²) in [5, 5.41) is 31.1. The van der Waals surface area contributed by atoms with Crippen LogP contribution in [-0.2, 0) is 28.2 Å². The lowest BCUT2D eigenvalue weighted by atomic mass is 9.87. The largest absolute Gasteiger partial charge is 0.492 e. The van der Waals surface area contributed by atoms with Crippen LogP contribution in [0.15, 0.2) is 24.5 Å². The quantitative estimate of drug-likeness (QED) is 0.0144. The van der Waals surface area contributed by atoms with Crippen LogP contribution in [-0.4, -0.2) is 74.5 Å². The molecule has 0 amide bonds. The summed E-state index contributed by atoms with van der Waals surface area (Å²) in [6, 6.07) is 0. The van der Waals surface area contributed by atoms with Gasteiger partial charge in [0.2, 0.25) is 0 Å². The van der Waals surface area contributed by atoms with Crippen molar-refractivity contribution in [3.05, 3.63) is 24.5 Å². The highest BCUT2D eigenvalue weighted by Crippen LogP contribution is 2.37. The Hall–Kier alpha value is -1.59. The monoisotopic (exact) mass is 746 g/mol. The number of hydrogen-bond acceptors (Lipinski definition) is 9. The van der Waals surface area contributed by atoms with Crippen molar-refractivity contribution in [2.24, 2.45) is 11.8 Å². The van der Waals surface area contributed by atoms with Gasteiger partial charge in [0.25, 0.3) is 0 Å². The van der Waals surface area contributed by atoms with E-state index in [-0.39, 0.29) is 38.1 Å². The molecule has 6 atom stereocenters. The summed E-state index contributed by atoms with van der Waals surface area (Å²) in [6.07, 6.45) is 24.7. The number of aliphatic hydroxyl groups excluding tert-OH is 3. The minimum Gasteiger partial charge on any atom is -0.492 e. The Bertz CT molecular complexity index is 998. The average Bonchev–Trinajstić information content (AvgIpc) is 3.34. The summed E-state index contributed by atoms with van der Waals surface area (Å²) < 4.78 is 26.6. The first-order chi connectivity index (χ1) is 24.5. The molecule has 1 saturated carbocycles. The van der Waals surface area contributed by atoms with E-state index < -0.39 is 56.7 Å². The Labute approximate surface area is 307 Å². The fourth-order valence-electron chi connectivity index (χ4n) is 6.48. The molecule has 0 radical (unpaired) electrons. The number of phosphoric ester groups is 1. The van der Waals surface area contributed by atoms with E-state index in [0.717, 1.165) is 38.5 Å². The zero-order valence-electron chi connectivity index (χ0n) is 31.6. The maximum absolute atomic E-state index is 12.7. The molecule has 0 saturated heterocycles. The van der Waals surface area contributed by atoms with Gasteiger partial charge in [-0.25, -0.2) is 4.57 Å². The van der Waals surface area contributed by atoms with Crippen LogP contribution in [0.3, 0.4) is 0 Å². The number of Topliss-reactive ketones (excluding diaryl/α,β-unsaturated/α-hetero) is 1. The van der Waals surface area contributed by atoms with Crippen molar-refractivity contribution in [2.75, 3.05) is 13.2 Å². The molecule has 0 aromatic carbocycles. The average molecular weight is 747 g/mol. The van der Waals surface area contributed by atoms with Crippen LogP contribution in [0.4, 0.5) is 0 Å². The van der Waals surface area contributed by atoms with Crippen molar-refractivity contribution in [1.82, 2.24) is 0 Å². The van der Waals surface area contributed by atoms with Crippen molar-refractivity contribution < 1.29 is 53.3 Å². The predicted molar refractivity (Wildman–Crippen MR) is 200 cm³/mol. The van der Waals surface area contributed by atoms with Gasteiger partial charge >= 0.3 is 13.8 Å². The van der Waals surface area contributed by atoms with Gasteiger partial charge in [-0.15, -0.1) is 0 Å². The number of phosphoric acid groups is 1. The standard InChI is InChI=1S/C39H71O11P/c1-3-5-7-8-9-10-11-12-13-14-15-16-17-21-27-48-34(31-50-51(45,46)47)30-49-39(44)24-20-19-23-33(41)28-36-35(37(42)29-38(36)43)26-25-32(40)22-18-6-4-2/h21,25-27,32,34-38,40,42-43H,3-20,22-24,28-31H2,1-2H3,(H2,45,46,47)/b26-25+,27-21+/t32-,34+,35+,36+,37+,38-/m0/s1. The Morgan fingerprint density at radius 3 is 2.00 bits per heavy atom. The maximum atomic E-state index is 12.7. The number of esters is 1. The molecule has 0 spiro atoms. The van der Waals surface area contributed by atoms with Crippen molar-refractivity contribution in [3.8, 4) is 0 Å². The Kier molecular flexibility index (Phi) is 27.7. The molecule has 298 valence electrons. The van der Waals surface area contributed by atoms with Crippen LogP contribution in [0.25, 0.3) is 0 Å². The molecule has 11 nitrogen and oxygen atoms in total. The number of rotatable bonds is 33. The maximum Gasteiger partial charge on any atom is 0.469 e. The van der Waals surface area contributed by atoms with E-state index in [0.29, 0.717) is 19.3 Å². The van der Waals surface area contributed by atoms with E-state index in [1.54, 1.807) is 12.2 Å². The molecule has 1 fully saturated rings. The van der Waals surface area contributed by atoms with Crippen LogP contribution < -0.4 is 0 Å². The summed E-state index contributed by atoms with van der Waals surface area (Å²) in [5.41, 5.74) is 0. The number of ether oxygens (including phenoxy) is 2. The highest BCUT2D eigenvalue weighted by molar-refractivity contribution is 7.46. The summed E-state index contributed by atoms with van der Waals surface area (Å²) in [5.74, 6) is -1.43. The molecule has 1 aliphatic rings. The molecule has 0 aromatic rings. The number of allylic oxidation sites excluding steroid dienone is 1. The molecule has 0 heterocycles. The Morgan fingerprint density at radius 2 is 1.37 bits per heavy atom. The highest BCUT2D eigenvalue weighted by Gasteiger charge is 2.41. The van der Waals surface area contributed by atoms with E-state index in [2.05, 4.69) is 18.4 Å². The highest BCUT2D eigenvalue weighted by atomic mass is 31.2. The van der Waals surface area contributed by atoms with Crippen molar-refractivity contribution >= 4 is 19.6 Å². The molecule has 5 N–H and O–H groups in total. The molecule has 12 heteroatoms. The van der Waals surface area contributed by atoms with Gasteiger partial charge in [-0.3, -0.25) is 14.1 Å². The van der Waals surface area contributed by atoms with E-state index in [9.17, 15) is 29.5 Å². The van der Waals surface area contributed by atoms with Gasteiger partial charge in [-0.1, -0.05) is 116 Å². The van der Waals surface area contributed by atoms with Crippen LogP contribution in [0.5, 0.6) is 0 Å². The minimum absolute atomic E-state index is 0.0558. The Balaban J connectivity index is 2.32. The zero-order chi connectivity index (χ0) is 37.7. The molecule has 0 unspecified atom stereocenters. The minimum atomic E-state index is -4.73. The lowest BCUT2D eigenvalue weighted by Crippen LogP contribution is -2.25. The third kappa shape index (κ3) is 25.9. The Morgan fingerprint density at radius 1 is 0.784 bits per heavy atom. The first-order valence-electron chi connectivity index (χ1n) is 19.9. The fourth-order valence-corrected chi connectivity index (χ4v) is 6.84. The van der Waals surface area contributed by atoms with Crippen LogP contribution in [0.1, 0.15) is 162 Å². The third-order valence-electron chi connectivity index (χ3n) is 9.58. The van der Waals surface area contributed by atoms with Crippen molar-refractivity contribution in [3.63, 3.8) is 0 Å². The van der Waals surface area contributed by atoms with Crippen molar-refractivity contribution in [2.45, 2.75) is 186 Å². The first-order valence-corrected chi connectivity index (χ1v) is 21.4. The van der Waals surface area contributed by atoms with Gasteiger partial charge in [0, 0.05) is 37.5 Å². The molecular formula is C39H71O11P. The molecule has 1 rings (SSSR count). The first kappa shape index (κ1) is 47.4. The lowest BCUT2D eigenvalue weighted by Gasteiger charge is -2.20. The second-order valence-electron chi connectivity index (χ2n) is 14.3. The smallest absolute Gasteiger partial charge is 0.469 e.